The van der Waals surface area contributed by atoms with Gasteiger partial charge in [-0.25, -0.2) is 4.79 Å². The quantitative estimate of drug-likeness (QED) is 0.375. The van der Waals surface area contributed by atoms with Crippen molar-refractivity contribution in [2.24, 2.45) is 0 Å². The van der Waals surface area contributed by atoms with E-state index >= 15 is 0 Å². The zero-order valence-electron chi connectivity index (χ0n) is 18.2. The number of carbonyl (C=O) groups excluding carboxylic acids is 3. The number of esters is 1. The standard InChI is InChI=1S/C20H32N2O8/c1-10(18(25)22-11(2)19(26)27-6)21-14(23)9-7-8-13-15(24)17-16(12(3)28-13)29-20(4,5)30-17/h7,9-13,15-17,24H,8H2,1-6H3,(H,21,23)(H,22,25)/b9-7+/t10-,11-,12-,13-,15+,16+,17-/m0/s1. The van der Waals surface area contributed by atoms with Crippen molar-refractivity contribution in [3.8, 4) is 0 Å². The van der Waals surface area contributed by atoms with Gasteiger partial charge < -0.3 is 34.7 Å². The molecule has 2 aliphatic heterocycles. The number of fused-ring (bicyclic) bond motifs is 1. The van der Waals surface area contributed by atoms with Crippen molar-refractivity contribution in [3.05, 3.63) is 12.2 Å². The van der Waals surface area contributed by atoms with Gasteiger partial charge in [0.2, 0.25) is 11.8 Å². The fourth-order valence-corrected chi connectivity index (χ4v) is 3.49. The van der Waals surface area contributed by atoms with Crippen LogP contribution in [-0.4, -0.2) is 78.4 Å². The van der Waals surface area contributed by atoms with E-state index in [1.807, 2.05) is 6.92 Å². The first kappa shape index (κ1) is 24.3. The van der Waals surface area contributed by atoms with E-state index in [4.69, 9.17) is 14.2 Å². The molecule has 0 aromatic carbocycles. The topological polar surface area (TPSA) is 132 Å². The van der Waals surface area contributed by atoms with Gasteiger partial charge in [-0.2, -0.15) is 0 Å². The number of amides is 2. The molecule has 30 heavy (non-hydrogen) atoms. The first-order valence-electron chi connectivity index (χ1n) is 9.99. The van der Waals surface area contributed by atoms with Gasteiger partial charge in [-0.05, 0) is 47.1 Å². The molecular formula is C20H32N2O8. The van der Waals surface area contributed by atoms with Gasteiger partial charge in [0.05, 0.1) is 19.3 Å². The zero-order valence-corrected chi connectivity index (χ0v) is 18.2. The predicted octanol–water partition coefficient (Wildman–Crippen LogP) is -0.217. The van der Waals surface area contributed by atoms with Gasteiger partial charge in [0, 0.05) is 0 Å². The Morgan fingerprint density at radius 1 is 1.13 bits per heavy atom. The van der Waals surface area contributed by atoms with Crippen LogP contribution in [0.2, 0.25) is 0 Å². The number of nitrogens with one attached hydrogen (secondary N) is 2. The molecule has 0 aromatic heterocycles. The summed E-state index contributed by atoms with van der Waals surface area (Å²) in [7, 11) is 1.22. The van der Waals surface area contributed by atoms with E-state index in [-0.39, 0.29) is 18.6 Å². The van der Waals surface area contributed by atoms with Gasteiger partial charge >= 0.3 is 5.97 Å². The molecule has 0 unspecified atom stereocenters. The Morgan fingerprint density at radius 2 is 1.77 bits per heavy atom. The normalized spacial score (nSPS) is 32.2. The van der Waals surface area contributed by atoms with E-state index in [1.54, 1.807) is 19.9 Å². The molecule has 0 spiro atoms. The van der Waals surface area contributed by atoms with E-state index in [0.717, 1.165) is 0 Å². The van der Waals surface area contributed by atoms with Crippen LogP contribution in [0.5, 0.6) is 0 Å². The summed E-state index contributed by atoms with van der Waals surface area (Å²) < 4.78 is 22.0. The number of hydrogen-bond acceptors (Lipinski definition) is 8. The maximum absolute atomic E-state index is 12.1. The lowest BCUT2D eigenvalue weighted by atomic mass is 9.94. The number of carbonyl (C=O) groups is 3. The summed E-state index contributed by atoms with van der Waals surface area (Å²) in [6.45, 7) is 8.41. The van der Waals surface area contributed by atoms with E-state index in [9.17, 15) is 19.5 Å². The molecule has 0 aliphatic carbocycles. The van der Waals surface area contributed by atoms with Gasteiger partial charge in [0.25, 0.3) is 0 Å². The van der Waals surface area contributed by atoms with Crippen LogP contribution in [0.4, 0.5) is 0 Å². The lowest BCUT2D eigenvalue weighted by Crippen LogP contribution is -2.55. The fraction of sp³-hybridized carbons (Fsp3) is 0.750. The van der Waals surface area contributed by atoms with E-state index in [2.05, 4.69) is 15.4 Å². The SMILES string of the molecule is COC(=O)[C@H](C)NC(=O)[C@H](C)NC(=O)/C=C/C[C@@H]1O[C@@H](C)[C@H]2OC(C)(C)O[C@H]2[C@@H]1O. The Morgan fingerprint density at radius 3 is 2.40 bits per heavy atom. The molecular weight excluding hydrogens is 396 g/mol. The summed E-state index contributed by atoms with van der Waals surface area (Å²) in [4.78, 5) is 35.5. The Kier molecular flexibility index (Phi) is 7.98. The Labute approximate surface area is 176 Å². The number of hydrogen-bond donors (Lipinski definition) is 3. The lowest BCUT2D eigenvalue weighted by Gasteiger charge is -2.38. The summed E-state index contributed by atoms with van der Waals surface area (Å²) in [5, 5.41) is 15.5. The highest BCUT2D eigenvalue weighted by molar-refractivity contribution is 5.93. The maximum atomic E-state index is 12.1. The van der Waals surface area contributed by atoms with Crippen molar-refractivity contribution in [3.63, 3.8) is 0 Å². The molecule has 0 saturated carbocycles. The summed E-state index contributed by atoms with van der Waals surface area (Å²) in [5.74, 6) is -2.37. The Hall–Kier alpha value is -2.01. The van der Waals surface area contributed by atoms with Crippen molar-refractivity contribution in [1.82, 2.24) is 10.6 Å². The van der Waals surface area contributed by atoms with E-state index in [0.29, 0.717) is 0 Å². The van der Waals surface area contributed by atoms with Crippen molar-refractivity contribution in [1.29, 1.82) is 0 Å². The Bertz CT molecular complexity index is 680. The van der Waals surface area contributed by atoms with Crippen molar-refractivity contribution < 1.29 is 38.4 Å². The average Bonchev–Trinajstić information content (AvgIpc) is 3.01. The largest absolute Gasteiger partial charge is 0.467 e. The second kappa shape index (κ2) is 9.86. The molecule has 2 saturated heterocycles. The zero-order chi connectivity index (χ0) is 22.6. The van der Waals surface area contributed by atoms with Crippen LogP contribution in [-0.2, 0) is 33.3 Å². The smallest absolute Gasteiger partial charge is 0.328 e. The molecule has 0 radical (unpaired) electrons. The minimum Gasteiger partial charge on any atom is -0.467 e. The molecule has 7 atom stereocenters. The van der Waals surface area contributed by atoms with E-state index < -0.39 is 54.0 Å². The first-order valence-corrected chi connectivity index (χ1v) is 9.99. The second-order valence-electron chi connectivity index (χ2n) is 8.06. The number of methoxy groups -OCH3 is 1. The van der Waals surface area contributed by atoms with Crippen LogP contribution in [0.1, 0.15) is 41.0 Å². The number of aliphatic hydroxyl groups excluding tert-OH is 1. The van der Waals surface area contributed by atoms with Crippen LogP contribution >= 0.6 is 0 Å². The molecule has 10 nitrogen and oxygen atoms in total. The molecule has 2 amide bonds. The average molecular weight is 428 g/mol. The maximum Gasteiger partial charge on any atom is 0.328 e. The molecule has 170 valence electrons. The monoisotopic (exact) mass is 428 g/mol. The number of ether oxygens (including phenoxy) is 4. The third kappa shape index (κ3) is 6.00. The fourth-order valence-electron chi connectivity index (χ4n) is 3.49. The second-order valence-corrected chi connectivity index (χ2v) is 8.06. The first-order chi connectivity index (χ1) is 13.9. The van der Waals surface area contributed by atoms with Crippen LogP contribution in [0, 0.1) is 0 Å². The van der Waals surface area contributed by atoms with Crippen LogP contribution in [0.15, 0.2) is 12.2 Å². The highest BCUT2D eigenvalue weighted by Gasteiger charge is 2.53. The molecule has 0 aromatic rings. The lowest BCUT2D eigenvalue weighted by molar-refractivity contribution is -0.179. The van der Waals surface area contributed by atoms with Crippen LogP contribution < -0.4 is 10.6 Å². The highest BCUT2D eigenvalue weighted by Crippen LogP contribution is 2.37. The minimum atomic E-state index is -0.898. The molecule has 0 bridgehead atoms. The third-order valence-corrected chi connectivity index (χ3v) is 5.04. The predicted molar refractivity (Wildman–Crippen MR) is 105 cm³/mol. The van der Waals surface area contributed by atoms with Crippen molar-refractivity contribution in [2.75, 3.05) is 7.11 Å². The van der Waals surface area contributed by atoms with Gasteiger partial charge in [-0.1, -0.05) is 6.08 Å². The molecule has 2 aliphatic rings. The van der Waals surface area contributed by atoms with Crippen molar-refractivity contribution in [2.45, 2.75) is 89.4 Å². The molecule has 10 heteroatoms. The third-order valence-electron chi connectivity index (χ3n) is 5.04. The van der Waals surface area contributed by atoms with Crippen molar-refractivity contribution >= 4 is 17.8 Å². The molecule has 3 N–H and O–H groups in total. The van der Waals surface area contributed by atoms with E-state index in [1.165, 1.54) is 27.0 Å². The minimum absolute atomic E-state index is 0.270. The summed E-state index contributed by atoms with van der Waals surface area (Å²) >= 11 is 0. The van der Waals surface area contributed by atoms with Gasteiger partial charge in [-0.15, -0.1) is 0 Å². The van der Waals surface area contributed by atoms with Gasteiger partial charge in [-0.3, -0.25) is 9.59 Å². The van der Waals surface area contributed by atoms with Crippen LogP contribution in [0.3, 0.4) is 0 Å². The summed E-state index contributed by atoms with van der Waals surface area (Å²) in [6.07, 6.45) is 0.547. The van der Waals surface area contributed by atoms with Gasteiger partial charge in [0.15, 0.2) is 5.79 Å². The van der Waals surface area contributed by atoms with Crippen LogP contribution in [0.25, 0.3) is 0 Å². The summed E-state index contributed by atoms with van der Waals surface area (Å²) in [6, 6.07) is -1.67. The molecule has 2 heterocycles. The summed E-state index contributed by atoms with van der Waals surface area (Å²) in [5.41, 5.74) is 0. The highest BCUT2D eigenvalue weighted by atomic mass is 16.8. The van der Waals surface area contributed by atoms with Gasteiger partial charge in [0.1, 0.15) is 30.4 Å². The number of rotatable bonds is 7. The Balaban J connectivity index is 1.83. The number of aliphatic hydroxyl groups is 1. The molecule has 2 fully saturated rings. The molecule has 2 rings (SSSR count).